The minimum absolute atomic E-state index is 0. The SMILES string of the molecule is O.O.[H-].[Na+].c1cn[nH]n1. The molecular weight excluding hydrogens is 121 g/mol. The van der Waals surface area contributed by atoms with Gasteiger partial charge in [-0.2, -0.15) is 15.4 Å². The van der Waals surface area contributed by atoms with Crippen LogP contribution in [0.15, 0.2) is 12.4 Å². The standard InChI is InChI=1S/C2H3N3.Na.2H2O.H/c1-2-4-5-3-1;;;;/h1-2H,(H,3,4,5);;2*1H2;/q;+1;;;-1. The van der Waals surface area contributed by atoms with Gasteiger partial charge in [0.15, 0.2) is 0 Å². The average molecular weight is 129 g/mol. The van der Waals surface area contributed by atoms with Gasteiger partial charge in [-0.3, -0.25) is 0 Å². The van der Waals surface area contributed by atoms with Crippen LogP contribution in [0.25, 0.3) is 0 Å². The molecule has 0 aliphatic carbocycles. The zero-order valence-electron chi connectivity index (χ0n) is 5.55. The quantitative estimate of drug-likeness (QED) is 0.355. The van der Waals surface area contributed by atoms with Gasteiger partial charge in [-0.25, -0.2) is 0 Å². The van der Waals surface area contributed by atoms with Crippen molar-refractivity contribution in [2.24, 2.45) is 0 Å². The van der Waals surface area contributed by atoms with E-state index in [-0.39, 0.29) is 41.9 Å². The smallest absolute Gasteiger partial charge is 1.00 e. The van der Waals surface area contributed by atoms with Crippen molar-refractivity contribution in [1.82, 2.24) is 15.4 Å². The molecule has 1 aromatic heterocycles. The van der Waals surface area contributed by atoms with Crippen LogP contribution in [0.3, 0.4) is 0 Å². The van der Waals surface area contributed by atoms with E-state index in [1.54, 1.807) is 12.4 Å². The third-order valence-corrected chi connectivity index (χ3v) is 0.331. The summed E-state index contributed by atoms with van der Waals surface area (Å²) in [7, 11) is 0. The molecule has 5 N–H and O–H groups in total. The number of aromatic amines is 1. The van der Waals surface area contributed by atoms with Crippen LogP contribution in [-0.4, -0.2) is 26.4 Å². The Hall–Kier alpha value is 0.0600. The summed E-state index contributed by atoms with van der Waals surface area (Å²) in [6.45, 7) is 0. The number of nitrogens with zero attached hydrogens (tertiary/aromatic N) is 2. The molecule has 0 unspecified atom stereocenters. The second-order valence-electron chi connectivity index (χ2n) is 0.656. The second kappa shape index (κ2) is 10.1. The first-order valence-electron chi connectivity index (χ1n) is 1.30. The summed E-state index contributed by atoms with van der Waals surface area (Å²) >= 11 is 0. The predicted octanol–water partition coefficient (Wildman–Crippen LogP) is -4.73. The Morgan fingerprint density at radius 1 is 1.12 bits per heavy atom. The molecule has 0 aromatic carbocycles. The average Bonchev–Trinajstić information content (AvgIpc) is 1.76. The summed E-state index contributed by atoms with van der Waals surface area (Å²) in [5.41, 5.74) is 0. The maximum atomic E-state index is 3.49. The number of hydrogen-bond acceptors (Lipinski definition) is 2. The number of aromatic nitrogens is 3. The monoisotopic (exact) mass is 129 g/mol. The summed E-state index contributed by atoms with van der Waals surface area (Å²) in [4.78, 5) is 0. The minimum Gasteiger partial charge on any atom is -1.00 e. The largest absolute Gasteiger partial charge is 1.00 e. The van der Waals surface area contributed by atoms with Crippen LogP contribution in [0.5, 0.6) is 0 Å². The molecule has 0 atom stereocenters. The first kappa shape index (κ1) is 15.7. The molecule has 0 aliphatic heterocycles. The molecule has 0 fully saturated rings. The van der Waals surface area contributed by atoms with E-state index in [1.807, 2.05) is 0 Å². The second-order valence-corrected chi connectivity index (χ2v) is 0.656. The van der Waals surface area contributed by atoms with Crippen molar-refractivity contribution < 1.29 is 41.9 Å². The van der Waals surface area contributed by atoms with E-state index in [4.69, 9.17) is 0 Å². The molecule has 1 aromatic rings. The van der Waals surface area contributed by atoms with Gasteiger partial charge in [-0.1, -0.05) is 0 Å². The topological polar surface area (TPSA) is 105 Å². The minimum atomic E-state index is 0. The third-order valence-electron chi connectivity index (χ3n) is 0.331. The molecule has 0 spiro atoms. The first-order valence-corrected chi connectivity index (χ1v) is 1.30. The van der Waals surface area contributed by atoms with Crippen LogP contribution < -0.4 is 29.6 Å². The summed E-state index contributed by atoms with van der Waals surface area (Å²) in [6.07, 6.45) is 3.17. The first-order chi connectivity index (χ1) is 2.50. The predicted molar refractivity (Wildman–Crippen MR) is 24.7 cm³/mol. The molecule has 6 heteroatoms. The molecule has 0 aliphatic rings. The molecule has 1 rings (SSSR count). The Bertz CT molecular complexity index is 76.3. The van der Waals surface area contributed by atoms with Gasteiger partial charge in [0.25, 0.3) is 0 Å². The molecule has 0 saturated heterocycles. The Labute approximate surface area is 69.9 Å². The van der Waals surface area contributed by atoms with Gasteiger partial charge in [0.05, 0.1) is 12.4 Å². The molecule has 0 saturated carbocycles. The Morgan fingerprint density at radius 3 is 1.62 bits per heavy atom. The van der Waals surface area contributed by atoms with Crippen LogP contribution >= 0.6 is 0 Å². The molecule has 44 valence electrons. The van der Waals surface area contributed by atoms with E-state index in [0.717, 1.165) is 0 Å². The van der Waals surface area contributed by atoms with E-state index in [2.05, 4.69) is 15.4 Å². The fourth-order valence-corrected chi connectivity index (χ4v) is 0.167. The number of rotatable bonds is 0. The molecule has 0 amide bonds. The maximum absolute atomic E-state index is 3.49. The fourth-order valence-electron chi connectivity index (χ4n) is 0.167. The van der Waals surface area contributed by atoms with Crippen molar-refractivity contribution in [2.45, 2.75) is 0 Å². The van der Waals surface area contributed by atoms with Crippen molar-refractivity contribution in [3.63, 3.8) is 0 Å². The van der Waals surface area contributed by atoms with E-state index >= 15 is 0 Å². The Morgan fingerprint density at radius 2 is 1.50 bits per heavy atom. The summed E-state index contributed by atoms with van der Waals surface area (Å²) < 4.78 is 0. The number of H-pyrrole nitrogens is 1. The van der Waals surface area contributed by atoms with Crippen molar-refractivity contribution in [1.29, 1.82) is 0 Å². The van der Waals surface area contributed by atoms with Crippen molar-refractivity contribution in [3.8, 4) is 0 Å². The van der Waals surface area contributed by atoms with E-state index in [1.165, 1.54) is 0 Å². The van der Waals surface area contributed by atoms with Gasteiger partial charge in [-0.05, 0) is 0 Å². The van der Waals surface area contributed by atoms with Crippen molar-refractivity contribution in [2.75, 3.05) is 0 Å². The molecule has 1 heterocycles. The molecule has 8 heavy (non-hydrogen) atoms. The number of hydrogen-bond donors (Lipinski definition) is 1. The molecular formula is C2H8N3NaO2. The van der Waals surface area contributed by atoms with Crippen LogP contribution in [-0.2, 0) is 0 Å². The van der Waals surface area contributed by atoms with Crippen molar-refractivity contribution in [3.05, 3.63) is 12.4 Å². The maximum Gasteiger partial charge on any atom is 1.00 e. The fraction of sp³-hybridized carbons (Fsp3) is 0. The van der Waals surface area contributed by atoms with Gasteiger partial charge in [0.1, 0.15) is 0 Å². The summed E-state index contributed by atoms with van der Waals surface area (Å²) in [5.74, 6) is 0. The van der Waals surface area contributed by atoms with Gasteiger partial charge in [0, 0.05) is 0 Å². The Kier molecular flexibility index (Phi) is 19.9. The molecule has 0 bridgehead atoms. The zero-order valence-corrected chi connectivity index (χ0v) is 6.55. The van der Waals surface area contributed by atoms with E-state index in [9.17, 15) is 0 Å². The summed E-state index contributed by atoms with van der Waals surface area (Å²) in [5, 5.41) is 9.33. The summed E-state index contributed by atoms with van der Waals surface area (Å²) in [6, 6.07) is 0. The van der Waals surface area contributed by atoms with Crippen molar-refractivity contribution >= 4 is 0 Å². The van der Waals surface area contributed by atoms with Gasteiger partial charge < -0.3 is 12.4 Å². The normalized spacial score (nSPS) is 5.00. The van der Waals surface area contributed by atoms with Crippen LogP contribution in [0.2, 0.25) is 0 Å². The van der Waals surface area contributed by atoms with Gasteiger partial charge >= 0.3 is 29.6 Å². The van der Waals surface area contributed by atoms with Gasteiger partial charge in [0.2, 0.25) is 0 Å². The Balaban J connectivity index is -0.0000000312. The van der Waals surface area contributed by atoms with Gasteiger partial charge in [-0.15, -0.1) is 0 Å². The van der Waals surface area contributed by atoms with E-state index in [0.29, 0.717) is 0 Å². The number of nitrogens with one attached hydrogen (secondary N) is 1. The van der Waals surface area contributed by atoms with Crippen LogP contribution in [0.4, 0.5) is 0 Å². The zero-order chi connectivity index (χ0) is 3.54. The van der Waals surface area contributed by atoms with Crippen LogP contribution in [0, 0.1) is 0 Å². The molecule has 5 nitrogen and oxygen atoms in total. The van der Waals surface area contributed by atoms with E-state index < -0.39 is 0 Å². The third kappa shape index (κ3) is 6.06. The molecule has 0 radical (unpaired) electrons. The van der Waals surface area contributed by atoms with Crippen LogP contribution in [0.1, 0.15) is 1.43 Å².